The van der Waals surface area contributed by atoms with Gasteiger partial charge in [0.1, 0.15) is 18.9 Å². The van der Waals surface area contributed by atoms with Crippen molar-refractivity contribution in [1.29, 1.82) is 0 Å². The fraction of sp³-hybridized carbons (Fsp3) is 0.167. The van der Waals surface area contributed by atoms with E-state index in [0.29, 0.717) is 34.9 Å². The monoisotopic (exact) mass is 589 g/mol. The molecule has 1 aliphatic heterocycles. The Morgan fingerprint density at radius 2 is 1.79 bits per heavy atom. The molecule has 3 aromatic carbocycles. The van der Waals surface area contributed by atoms with Gasteiger partial charge < -0.3 is 19.5 Å². The van der Waals surface area contributed by atoms with E-state index in [1.54, 1.807) is 60.7 Å². The molecule has 1 N–H and O–H groups in total. The maximum Gasteiger partial charge on any atom is 0.294 e. The summed E-state index contributed by atoms with van der Waals surface area (Å²) in [5, 5.41) is 13.0. The number of anilines is 1. The standard InChI is InChI=1S/C30H27N3O8S/c1-4-5-21-14-20(15-25(40-3)28(21)41-18-19-6-10-23(11-7-19)33(37)38)16-26-29(35)32(30(36)42-26)17-27(34)31-22-8-12-24(39-2)13-9-22/h4,6-16H,1,5,17-18H2,2-3H3,(H,31,34)/b26-16+. The van der Waals surface area contributed by atoms with Crippen LogP contribution in [0, 0.1) is 10.1 Å². The highest BCUT2D eigenvalue weighted by Crippen LogP contribution is 2.37. The first-order valence-corrected chi connectivity index (χ1v) is 13.4. The van der Waals surface area contributed by atoms with Crippen molar-refractivity contribution in [3.8, 4) is 17.2 Å². The number of amides is 3. The molecule has 0 atom stereocenters. The predicted molar refractivity (Wildman–Crippen MR) is 159 cm³/mol. The summed E-state index contributed by atoms with van der Waals surface area (Å²) in [7, 11) is 3.01. The summed E-state index contributed by atoms with van der Waals surface area (Å²) < 4.78 is 16.7. The second-order valence-electron chi connectivity index (χ2n) is 8.96. The SMILES string of the molecule is C=CCc1cc(/C=C2/SC(=O)N(CC(=O)Nc3ccc(OC)cc3)C2=O)cc(OC)c1OCc1ccc([N+](=O)[O-])cc1. The van der Waals surface area contributed by atoms with Crippen molar-refractivity contribution in [1.82, 2.24) is 4.90 Å². The maximum atomic E-state index is 13.1. The molecule has 12 heteroatoms. The number of non-ortho nitro benzene ring substituents is 1. The fourth-order valence-corrected chi connectivity index (χ4v) is 4.90. The van der Waals surface area contributed by atoms with Crippen molar-refractivity contribution in [2.45, 2.75) is 13.0 Å². The van der Waals surface area contributed by atoms with Gasteiger partial charge in [-0.15, -0.1) is 6.58 Å². The predicted octanol–water partition coefficient (Wildman–Crippen LogP) is 5.59. The number of methoxy groups -OCH3 is 2. The molecule has 11 nitrogen and oxygen atoms in total. The number of nitrogens with one attached hydrogen (secondary N) is 1. The first-order valence-electron chi connectivity index (χ1n) is 12.6. The summed E-state index contributed by atoms with van der Waals surface area (Å²) in [6, 6.07) is 16.1. The molecule has 0 unspecified atom stereocenters. The number of ether oxygens (including phenoxy) is 3. The number of benzene rings is 3. The fourth-order valence-electron chi connectivity index (χ4n) is 4.07. The first kappa shape index (κ1) is 29.9. The van der Waals surface area contributed by atoms with E-state index < -0.39 is 28.5 Å². The summed E-state index contributed by atoms with van der Waals surface area (Å²) >= 11 is 0.739. The molecular formula is C30H27N3O8S. The van der Waals surface area contributed by atoms with Crippen LogP contribution >= 0.6 is 11.8 Å². The molecule has 0 radical (unpaired) electrons. The van der Waals surface area contributed by atoms with Gasteiger partial charge in [-0.25, -0.2) is 0 Å². The largest absolute Gasteiger partial charge is 0.497 e. The van der Waals surface area contributed by atoms with Crippen molar-refractivity contribution < 1.29 is 33.5 Å². The van der Waals surface area contributed by atoms with Crippen molar-refractivity contribution in [3.63, 3.8) is 0 Å². The summed E-state index contributed by atoms with van der Waals surface area (Å²) in [6.07, 6.45) is 3.66. The number of nitro benzene ring substituents is 1. The summed E-state index contributed by atoms with van der Waals surface area (Å²) in [4.78, 5) is 49.7. The van der Waals surface area contributed by atoms with Crippen LogP contribution in [0.5, 0.6) is 17.2 Å². The molecule has 0 aromatic heterocycles. The second-order valence-corrected chi connectivity index (χ2v) is 9.95. The Morgan fingerprint density at radius 3 is 2.40 bits per heavy atom. The molecule has 4 rings (SSSR count). The zero-order valence-electron chi connectivity index (χ0n) is 22.8. The average molecular weight is 590 g/mol. The van der Waals surface area contributed by atoms with E-state index in [0.717, 1.165) is 27.8 Å². The highest BCUT2D eigenvalue weighted by atomic mass is 32.2. The topological polar surface area (TPSA) is 137 Å². The second kappa shape index (κ2) is 13.5. The van der Waals surface area contributed by atoms with E-state index >= 15 is 0 Å². The van der Waals surface area contributed by atoms with Gasteiger partial charge in [-0.05, 0) is 83.9 Å². The molecule has 0 bridgehead atoms. The first-order chi connectivity index (χ1) is 20.2. The highest BCUT2D eigenvalue weighted by molar-refractivity contribution is 8.18. The molecular weight excluding hydrogens is 562 g/mol. The summed E-state index contributed by atoms with van der Waals surface area (Å²) in [5.74, 6) is 0.364. The van der Waals surface area contributed by atoms with Gasteiger partial charge in [0, 0.05) is 23.4 Å². The van der Waals surface area contributed by atoms with Gasteiger partial charge in [-0.2, -0.15) is 0 Å². The van der Waals surface area contributed by atoms with Gasteiger partial charge in [0.25, 0.3) is 16.8 Å². The van der Waals surface area contributed by atoms with Crippen LogP contribution in [0.15, 0.2) is 78.2 Å². The molecule has 1 fully saturated rings. The number of carbonyl (C=O) groups excluding carboxylic acids is 3. The van der Waals surface area contributed by atoms with Gasteiger partial charge >= 0.3 is 0 Å². The minimum absolute atomic E-state index is 0.0182. The lowest BCUT2D eigenvalue weighted by atomic mass is 10.0. The third-order valence-corrected chi connectivity index (χ3v) is 7.02. The van der Waals surface area contributed by atoms with Gasteiger partial charge in [0.05, 0.1) is 24.0 Å². The summed E-state index contributed by atoms with van der Waals surface area (Å²) in [6.45, 7) is 3.50. The Balaban J connectivity index is 1.50. The number of allylic oxidation sites excluding steroid dienone is 1. The van der Waals surface area contributed by atoms with Gasteiger partial charge in [-0.3, -0.25) is 29.4 Å². The van der Waals surface area contributed by atoms with E-state index in [1.807, 2.05) is 0 Å². The van der Waals surface area contributed by atoms with Crippen LogP contribution in [-0.4, -0.2) is 47.6 Å². The van der Waals surface area contributed by atoms with Crippen molar-refractivity contribution in [3.05, 3.63) is 105 Å². The maximum absolute atomic E-state index is 13.1. The van der Waals surface area contributed by atoms with Crippen molar-refractivity contribution >= 4 is 46.3 Å². The quantitative estimate of drug-likeness (QED) is 0.124. The number of nitrogens with zero attached hydrogens (tertiary/aromatic N) is 2. The molecule has 42 heavy (non-hydrogen) atoms. The number of nitro groups is 1. The molecule has 3 aromatic rings. The molecule has 1 saturated heterocycles. The molecule has 1 aliphatic rings. The Bertz CT molecular complexity index is 1550. The highest BCUT2D eigenvalue weighted by Gasteiger charge is 2.36. The Kier molecular flexibility index (Phi) is 9.61. The molecule has 0 spiro atoms. The number of carbonyl (C=O) groups is 3. The molecule has 216 valence electrons. The lowest BCUT2D eigenvalue weighted by Gasteiger charge is -2.16. The lowest BCUT2D eigenvalue weighted by Crippen LogP contribution is -2.36. The molecule has 3 amide bonds. The van der Waals surface area contributed by atoms with Gasteiger partial charge in [-0.1, -0.05) is 6.08 Å². The van der Waals surface area contributed by atoms with Crippen molar-refractivity contribution in [2.24, 2.45) is 0 Å². The van der Waals surface area contributed by atoms with Crippen LogP contribution in [0.2, 0.25) is 0 Å². The third kappa shape index (κ3) is 7.15. The van der Waals surface area contributed by atoms with Crippen LogP contribution in [0.3, 0.4) is 0 Å². The van der Waals surface area contributed by atoms with Crippen LogP contribution in [-0.2, 0) is 22.6 Å². The normalized spacial score (nSPS) is 13.7. The minimum Gasteiger partial charge on any atom is -0.497 e. The van der Waals surface area contributed by atoms with Crippen LogP contribution < -0.4 is 19.5 Å². The lowest BCUT2D eigenvalue weighted by molar-refractivity contribution is -0.384. The Labute approximate surface area is 245 Å². The average Bonchev–Trinajstić information content (AvgIpc) is 3.24. The van der Waals surface area contributed by atoms with Crippen LogP contribution in [0.4, 0.5) is 16.2 Å². The van der Waals surface area contributed by atoms with Crippen LogP contribution in [0.25, 0.3) is 6.08 Å². The van der Waals surface area contributed by atoms with E-state index in [9.17, 15) is 24.5 Å². The number of hydrogen-bond donors (Lipinski definition) is 1. The van der Waals surface area contributed by atoms with Crippen molar-refractivity contribution in [2.75, 3.05) is 26.1 Å². The third-order valence-electron chi connectivity index (χ3n) is 6.12. The molecule has 1 heterocycles. The summed E-state index contributed by atoms with van der Waals surface area (Å²) in [5.41, 5.74) is 2.51. The molecule has 0 saturated carbocycles. The van der Waals surface area contributed by atoms with Gasteiger partial charge in [0.15, 0.2) is 11.5 Å². The smallest absolute Gasteiger partial charge is 0.294 e. The van der Waals surface area contributed by atoms with E-state index in [4.69, 9.17) is 14.2 Å². The molecule has 0 aliphatic carbocycles. The number of imide groups is 1. The number of rotatable bonds is 12. The zero-order chi connectivity index (χ0) is 30.2. The zero-order valence-corrected chi connectivity index (χ0v) is 23.6. The van der Waals surface area contributed by atoms with E-state index in [1.165, 1.54) is 26.4 Å². The van der Waals surface area contributed by atoms with Gasteiger partial charge in [0.2, 0.25) is 5.91 Å². The van der Waals surface area contributed by atoms with E-state index in [2.05, 4.69) is 11.9 Å². The Morgan fingerprint density at radius 1 is 1.07 bits per heavy atom. The number of hydrogen-bond acceptors (Lipinski definition) is 9. The number of thioether (sulfide) groups is 1. The van der Waals surface area contributed by atoms with E-state index in [-0.39, 0.29) is 17.2 Å². The Hall–Kier alpha value is -5.10. The minimum atomic E-state index is -0.586. The van der Waals surface area contributed by atoms with Crippen LogP contribution in [0.1, 0.15) is 16.7 Å².